The highest BCUT2D eigenvalue weighted by atomic mass is 79.9. The molecule has 158 valence electrons. The maximum Gasteiger partial charge on any atom is 0.353 e. The Morgan fingerprint density at radius 3 is 2.40 bits per heavy atom. The molecule has 0 aliphatic rings. The molecule has 30 heavy (non-hydrogen) atoms. The monoisotopic (exact) mass is 478 g/mol. The number of aromatic carboxylic acids is 1. The Bertz CT molecular complexity index is 1080. The Kier molecular flexibility index (Phi) is 6.67. The van der Waals surface area contributed by atoms with Crippen molar-refractivity contribution in [2.24, 2.45) is 0 Å². The van der Waals surface area contributed by atoms with E-state index < -0.39 is 25.1 Å². The molecule has 0 atom stereocenters. The first-order chi connectivity index (χ1) is 14.4. The molecular weight excluding hydrogens is 460 g/mol. The van der Waals surface area contributed by atoms with E-state index in [0.717, 1.165) is 0 Å². The molecule has 1 aromatic carbocycles. The number of aliphatic hydroxyl groups is 3. The number of aliphatic hydroxyl groups excluding tert-OH is 3. The van der Waals surface area contributed by atoms with Crippen LogP contribution < -0.4 is 5.32 Å². The quantitative estimate of drug-likeness (QED) is 0.255. The number of amides is 1. The van der Waals surface area contributed by atoms with Crippen molar-refractivity contribution in [3.63, 3.8) is 0 Å². The summed E-state index contributed by atoms with van der Waals surface area (Å²) in [7, 11) is 0. The number of aromatic nitrogens is 3. The average Bonchev–Trinajstić information content (AvgIpc) is 3.39. The lowest BCUT2D eigenvalue weighted by Crippen LogP contribution is -2.24. The number of rotatable bonds is 8. The van der Waals surface area contributed by atoms with Gasteiger partial charge in [-0.05, 0) is 38.2 Å². The van der Waals surface area contributed by atoms with Crippen molar-refractivity contribution in [2.75, 3.05) is 0 Å². The molecule has 11 heteroatoms. The number of carbonyl (C=O) groups is 2. The highest BCUT2D eigenvalue weighted by molar-refractivity contribution is 9.10. The van der Waals surface area contributed by atoms with E-state index in [1.54, 1.807) is 12.1 Å². The van der Waals surface area contributed by atoms with Crippen molar-refractivity contribution < 1.29 is 30.0 Å². The Hall–Kier alpha value is -2.99. The van der Waals surface area contributed by atoms with Crippen LogP contribution in [-0.4, -0.2) is 47.3 Å². The molecule has 0 saturated heterocycles. The van der Waals surface area contributed by atoms with Gasteiger partial charge in [0.05, 0.1) is 30.8 Å². The van der Waals surface area contributed by atoms with Crippen LogP contribution in [0.15, 0.2) is 29.0 Å². The van der Waals surface area contributed by atoms with Gasteiger partial charge in [0, 0.05) is 23.7 Å². The first-order valence-electron chi connectivity index (χ1n) is 8.80. The molecular formula is C19H19BrN4O6. The summed E-state index contributed by atoms with van der Waals surface area (Å²) in [6.07, 6.45) is 2.93. The van der Waals surface area contributed by atoms with Crippen LogP contribution in [0, 0.1) is 0 Å². The van der Waals surface area contributed by atoms with Gasteiger partial charge < -0.3 is 35.7 Å². The van der Waals surface area contributed by atoms with Crippen LogP contribution in [0.5, 0.6) is 0 Å². The summed E-state index contributed by atoms with van der Waals surface area (Å²) in [5.74, 6) is -1.60. The molecule has 3 rings (SSSR count). The fraction of sp³-hybridized carbons (Fsp3) is 0.211. The predicted molar refractivity (Wildman–Crippen MR) is 108 cm³/mol. The summed E-state index contributed by atoms with van der Waals surface area (Å²) in [5.41, 5.74) is 2.25. The van der Waals surface area contributed by atoms with Crippen LogP contribution in [0.25, 0.3) is 11.1 Å². The predicted octanol–water partition coefficient (Wildman–Crippen LogP) is 1.27. The molecule has 0 saturated carbocycles. The summed E-state index contributed by atoms with van der Waals surface area (Å²) in [6, 6.07) is 3.21. The number of carboxylic acids is 1. The fourth-order valence-electron chi connectivity index (χ4n) is 3.23. The molecule has 0 spiro atoms. The smallest absolute Gasteiger partial charge is 0.353 e. The number of imidazole rings is 1. The minimum atomic E-state index is -1.22. The van der Waals surface area contributed by atoms with Crippen LogP contribution in [0.3, 0.4) is 0 Å². The van der Waals surface area contributed by atoms with Gasteiger partial charge >= 0.3 is 5.97 Å². The van der Waals surface area contributed by atoms with Gasteiger partial charge in [0.2, 0.25) is 0 Å². The maximum absolute atomic E-state index is 12.2. The number of nitrogens with one attached hydrogen (secondary N) is 3. The van der Waals surface area contributed by atoms with Gasteiger partial charge in [-0.2, -0.15) is 0 Å². The standard InChI is InChI=1S/C19H19BrN4O6/c20-15-14(10-2-1-9(6-25)11(7-26)12(10)8-27)13(24-16(15)19(29)30)5-23-18(28)17-21-3-4-22-17/h1-4,24-27H,5-8H2,(H,21,22)(H,23,28)(H,29,30). The molecule has 0 unspecified atom stereocenters. The van der Waals surface area contributed by atoms with Gasteiger partial charge in [-0.1, -0.05) is 12.1 Å². The second-order valence-corrected chi connectivity index (χ2v) is 7.09. The zero-order valence-electron chi connectivity index (χ0n) is 15.6. The van der Waals surface area contributed by atoms with Gasteiger partial charge in [0.1, 0.15) is 5.69 Å². The van der Waals surface area contributed by atoms with Crippen LogP contribution in [-0.2, 0) is 26.4 Å². The van der Waals surface area contributed by atoms with Crippen molar-refractivity contribution in [3.8, 4) is 11.1 Å². The Balaban J connectivity index is 2.10. The minimum absolute atomic E-state index is 0.0537. The number of hydrogen-bond acceptors (Lipinski definition) is 6. The van der Waals surface area contributed by atoms with Crippen molar-refractivity contribution in [1.82, 2.24) is 20.3 Å². The number of aromatic amines is 2. The van der Waals surface area contributed by atoms with Crippen LogP contribution in [0.4, 0.5) is 0 Å². The molecule has 2 aromatic heterocycles. The number of halogens is 1. The van der Waals surface area contributed by atoms with Crippen molar-refractivity contribution in [2.45, 2.75) is 26.4 Å². The molecule has 10 nitrogen and oxygen atoms in total. The maximum atomic E-state index is 12.2. The van der Waals surface area contributed by atoms with Crippen molar-refractivity contribution in [1.29, 1.82) is 0 Å². The number of H-pyrrole nitrogens is 2. The normalized spacial score (nSPS) is 10.9. The molecule has 2 heterocycles. The summed E-state index contributed by atoms with van der Waals surface area (Å²) in [5, 5.41) is 41.3. The van der Waals surface area contributed by atoms with Gasteiger partial charge in [-0.15, -0.1) is 0 Å². The van der Waals surface area contributed by atoms with E-state index >= 15 is 0 Å². The molecule has 0 aliphatic heterocycles. The van der Waals surface area contributed by atoms with Crippen LogP contribution >= 0.6 is 15.9 Å². The van der Waals surface area contributed by atoms with Gasteiger partial charge in [0.15, 0.2) is 5.82 Å². The lowest BCUT2D eigenvalue weighted by molar-refractivity contribution is 0.0690. The second kappa shape index (κ2) is 9.22. The van der Waals surface area contributed by atoms with E-state index in [4.69, 9.17) is 0 Å². The molecule has 7 N–H and O–H groups in total. The minimum Gasteiger partial charge on any atom is -0.477 e. The first kappa shape index (κ1) is 21.7. The SMILES string of the molecule is O=C(NCc1[nH]c(C(=O)O)c(Br)c1-c1ccc(CO)c(CO)c1CO)c1ncc[nH]1. The number of benzene rings is 1. The van der Waals surface area contributed by atoms with Crippen LogP contribution in [0.1, 0.15) is 43.5 Å². The topological polar surface area (TPSA) is 172 Å². The molecule has 3 aromatic rings. The summed E-state index contributed by atoms with van der Waals surface area (Å²) >= 11 is 3.29. The zero-order chi connectivity index (χ0) is 21.8. The van der Waals surface area contributed by atoms with Crippen LogP contribution in [0.2, 0.25) is 0 Å². The summed E-state index contributed by atoms with van der Waals surface area (Å²) < 4.78 is 0.229. The Morgan fingerprint density at radius 2 is 1.83 bits per heavy atom. The Labute approximate surface area is 178 Å². The molecule has 1 amide bonds. The number of carbonyl (C=O) groups excluding carboxylic acids is 1. The van der Waals surface area contributed by atoms with E-state index in [2.05, 4.69) is 36.2 Å². The zero-order valence-corrected chi connectivity index (χ0v) is 17.2. The fourth-order valence-corrected chi connectivity index (χ4v) is 3.95. The molecule has 0 bridgehead atoms. The average molecular weight is 479 g/mol. The second-order valence-electron chi connectivity index (χ2n) is 6.30. The van der Waals surface area contributed by atoms with E-state index in [9.17, 15) is 30.0 Å². The summed E-state index contributed by atoms with van der Waals surface area (Å²) in [4.78, 5) is 33.2. The number of carboxylic acid groups (broad SMARTS) is 1. The largest absolute Gasteiger partial charge is 0.477 e. The lowest BCUT2D eigenvalue weighted by Gasteiger charge is -2.16. The van der Waals surface area contributed by atoms with Gasteiger partial charge in [0.25, 0.3) is 5.91 Å². The number of hydrogen-bond donors (Lipinski definition) is 7. The van der Waals surface area contributed by atoms with Gasteiger partial charge in [-0.25, -0.2) is 9.78 Å². The van der Waals surface area contributed by atoms with E-state index in [-0.39, 0.29) is 29.1 Å². The molecule has 0 aliphatic carbocycles. The summed E-state index contributed by atoms with van der Waals surface area (Å²) in [6.45, 7) is -1.25. The van der Waals surface area contributed by atoms with Gasteiger partial charge in [-0.3, -0.25) is 4.79 Å². The number of nitrogens with zero attached hydrogens (tertiary/aromatic N) is 1. The molecule has 0 fully saturated rings. The third-order valence-electron chi connectivity index (χ3n) is 4.65. The van der Waals surface area contributed by atoms with Crippen molar-refractivity contribution >= 4 is 27.8 Å². The third kappa shape index (κ3) is 4.00. The third-order valence-corrected chi connectivity index (χ3v) is 5.45. The van der Waals surface area contributed by atoms with E-state index in [1.165, 1.54) is 12.4 Å². The van der Waals surface area contributed by atoms with Crippen molar-refractivity contribution in [3.05, 3.63) is 62.9 Å². The van der Waals surface area contributed by atoms with E-state index in [0.29, 0.717) is 33.5 Å². The molecule has 0 radical (unpaired) electrons. The Morgan fingerprint density at radius 1 is 1.10 bits per heavy atom. The lowest BCUT2D eigenvalue weighted by atomic mass is 9.92. The highest BCUT2D eigenvalue weighted by Crippen LogP contribution is 2.38. The first-order valence-corrected chi connectivity index (χ1v) is 9.59. The van der Waals surface area contributed by atoms with E-state index in [1.807, 2.05) is 0 Å². The highest BCUT2D eigenvalue weighted by Gasteiger charge is 2.25.